The van der Waals surface area contributed by atoms with E-state index in [2.05, 4.69) is 36.3 Å². The van der Waals surface area contributed by atoms with E-state index in [9.17, 15) is 0 Å². The van der Waals surface area contributed by atoms with E-state index in [-0.39, 0.29) is 0 Å². The van der Waals surface area contributed by atoms with Crippen LogP contribution in [-0.4, -0.2) is 50.9 Å². The molecule has 112 valence electrons. The van der Waals surface area contributed by atoms with Crippen LogP contribution >= 0.6 is 0 Å². The van der Waals surface area contributed by atoms with Crippen molar-refractivity contribution in [1.29, 1.82) is 0 Å². The number of hydrogen-bond donors (Lipinski definition) is 1. The number of likely N-dealkylation sites (N-methyl/N-ethyl adjacent to an activating group) is 1. The second-order valence-electron chi connectivity index (χ2n) is 5.44. The van der Waals surface area contributed by atoms with Gasteiger partial charge in [-0.05, 0) is 45.1 Å². The minimum Gasteiger partial charge on any atom is -0.492 e. The highest BCUT2D eigenvalue weighted by Gasteiger charge is 2.27. The van der Waals surface area contributed by atoms with Gasteiger partial charge in [0.15, 0.2) is 0 Å². The van der Waals surface area contributed by atoms with E-state index in [1.807, 2.05) is 19.2 Å². The van der Waals surface area contributed by atoms with Gasteiger partial charge in [-0.1, -0.05) is 12.1 Å². The Bertz CT molecular complexity index is 394. The Morgan fingerprint density at radius 1 is 1.35 bits per heavy atom. The molecule has 1 fully saturated rings. The van der Waals surface area contributed by atoms with Crippen molar-refractivity contribution < 1.29 is 9.47 Å². The van der Waals surface area contributed by atoms with Crippen molar-refractivity contribution in [2.75, 3.05) is 33.9 Å². The zero-order chi connectivity index (χ0) is 14.4. The summed E-state index contributed by atoms with van der Waals surface area (Å²) in [5.41, 5.74) is 1.27. The first-order chi connectivity index (χ1) is 9.70. The molecule has 1 heterocycles. The van der Waals surface area contributed by atoms with Crippen molar-refractivity contribution in [3.05, 3.63) is 29.8 Å². The van der Waals surface area contributed by atoms with Crippen LogP contribution in [0, 0.1) is 0 Å². The van der Waals surface area contributed by atoms with E-state index in [0.29, 0.717) is 18.8 Å². The first-order valence-corrected chi connectivity index (χ1v) is 7.39. The van der Waals surface area contributed by atoms with Crippen LogP contribution in [0.15, 0.2) is 24.3 Å². The summed E-state index contributed by atoms with van der Waals surface area (Å²) >= 11 is 0. The molecule has 0 aliphatic carbocycles. The molecular formula is C16H26N2O2. The quantitative estimate of drug-likeness (QED) is 0.826. The number of ether oxygens (including phenoxy) is 2. The van der Waals surface area contributed by atoms with Gasteiger partial charge in [0.25, 0.3) is 0 Å². The zero-order valence-electron chi connectivity index (χ0n) is 12.8. The highest BCUT2D eigenvalue weighted by Crippen LogP contribution is 2.18. The highest BCUT2D eigenvalue weighted by atomic mass is 16.5. The number of hydrogen-bond acceptors (Lipinski definition) is 4. The van der Waals surface area contributed by atoms with Gasteiger partial charge < -0.3 is 14.8 Å². The van der Waals surface area contributed by atoms with Gasteiger partial charge >= 0.3 is 0 Å². The van der Waals surface area contributed by atoms with Crippen molar-refractivity contribution in [1.82, 2.24) is 10.2 Å². The third-order valence-electron chi connectivity index (χ3n) is 3.92. The molecule has 4 nitrogen and oxygen atoms in total. The van der Waals surface area contributed by atoms with Crippen LogP contribution in [0.25, 0.3) is 0 Å². The Morgan fingerprint density at radius 2 is 2.10 bits per heavy atom. The van der Waals surface area contributed by atoms with E-state index in [4.69, 9.17) is 9.47 Å². The summed E-state index contributed by atoms with van der Waals surface area (Å²) in [4.78, 5) is 2.34. The third-order valence-corrected chi connectivity index (χ3v) is 3.92. The summed E-state index contributed by atoms with van der Waals surface area (Å²) in [5.74, 6) is 0.939. The molecule has 2 rings (SSSR count). The second kappa shape index (κ2) is 7.62. The fourth-order valence-corrected chi connectivity index (χ4v) is 2.68. The minimum absolute atomic E-state index is 0.334. The van der Waals surface area contributed by atoms with Crippen LogP contribution in [-0.2, 0) is 11.3 Å². The van der Waals surface area contributed by atoms with E-state index in [1.54, 1.807) is 0 Å². The fraction of sp³-hybridized carbons (Fsp3) is 0.625. The summed E-state index contributed by atoms with van der Waals surface area (Å²) in [6, 6.07) is 8.80. The smallest absolute Gasteiger partial charge is 0.119 e. The first kappa shape index (κ1) is 15.3. The van der Waals surface area contributed by atoms with Gasteiger partial charge in [0.05, 0.1) is 6.10 Å². The lowest BCUT2D eigenvalue weighted by Crippen LogP contribution is -2.39. The van der Waals surface area contributed by atoms with E-state index >= 15 is 0 Å². The molecule has 0 bridgehead atoms. The lowest BCUT2D eigenvalue weighted by atomic mass is 10.1. The maximum absolute atomic E-state index is 5.80. The number of benzene rings is 1. The first-order valence-electron chi connectivity index (χ1n) is 7.39. The molecule has 0 amide bonds. The molecule has 0 saturated carbocycles. The van der Waals surface area contributed by atoms with Crippen molar-refractivity contribution in [2.45, 2.75) is 32.0 Å². The van der Waals surface area contributed by atoms with E-state index in [0.717, 1.165) is 31.9 Å². The average Bonchev–Trinajstić information content (AvgIpc) is 2.87. The van der Waals surface area contributed by atoms with Gasteiger partial charge in [0.2, 0.25) is 0 Å². The van der Waals surface area contributed by atoms with Gasteiger partial charge in [-0.25, -0.2) is 0 Å². The van der Waals surface area contributed by atoms with E-state index < -0.39 is 0 Å². The molecule has 1 N–H and O–H groups in total. The van der Waals surface area contributed by atoms with Crippen molar-refractivity contribution in [3.8, 4) is 5.75 Å². The monoisotopic (exact) mass is 278 g/mol. The van der Waals surface area contributed by atoms with Crippen LogP contribution in [0.1, 0.15) is 18.9 Å². The Hall–Kier alpha value is -1.10. The lowest BCUT2D eigenvalue weighted by Gasteiger charge is -2.26. The standard InChI is InChI=1S/C16H26N2O2/c1-13-16(8-10-19-13)18(3)9-11-20-15-6-4-14(5-7-15)12-17-2/h4-7,13,16-17H,8-12H2,1-3H3. The molecule has 2 atom stereocenters. The molecule has 2 unspecified atom stereocenters. The summed E-state index contributed by atoms with van der Waals surface area (Å²) in [7, 11) is 4.10. The predicted molar refractivity (Wildman–Crippen MR) is 81.1 cm³/mol. The minimum atomic E-state index is 0.334. The van der Waals surface area contributed by atoms with Crippen molar-refractivity contribution in [3.63, 3.8) is 0 Å². The largest absolute Gasteiger partial charge is 0.492 e. The van der Waals surface area contributed by atoms with Crippen LogP contribution in [0.5, 0.6) is 5.75 Å². The number of nitrogens with one attached hydrogen (secondary N) is 1. The molecular weight excluding hydrogens is 252 g/mol. The molecule has 1 saturated heterocycles. The van der Waals surface area contributed by atoms with Crippen LogP contribution in [0.2, 0.25) is 0 Å². The zero-order valence-corrected chi connectivity index (χ0v) is 12.8. The molecule has 0 aromatic heterocycles. The topological polar surface area (TPSA) is 33.7 Å². The average molecular weight is 278 g/mol. The Labute approximate surface area is 122 Å². The summed E-state index contributed by atoms with van der Waals surface area (Å²) in [5, 5.41) is 3.14. The highest BCUT2D eigenvalue weighted by molar-refractivity contribution is 5.27. The Balaban J connectivity index is 1.72. The Morgan fingerprint density at radius 3 is 2.70 bits per heavy atom. The predicted octanol–water partition coefficient (Wildman–Crippen LogP) is 1.89. The normalized spacial score (nSPS) is 22.4. The maximum Gasteiger partial charge on any atom is 0.119 e. The van der Waals surface area contributed by atoms with Gasteiger partial charge in [-0.3, -0.25) is 4.90 Å². The molecule has 0 radical (unpaired) electrons. The number of rotatable bonds is 7. The number of nitrogens with zero attached hydrogens (tertiary/aromatic N) is 1. The molecule has 1 aromatic carbocycles. The lowest BCUT2D eigenvalue weighted by molar-refractivity contribution is 0.0787. The third kappa shape index (κ3) is 4.20. The van der Waals surface area contributed by atoms with Gasteiger partial charge in [-0.15, -0.1) is 0 Å². The molecule has 1 aromatic rings. The fourth-order valence-electron chi connectivity index (χ4n) is 2.68. The summed E-state index contributed by atoms with van der Waals surface area (Å²) in [6.45, 7) is 5.56. The molecule has 0 spiro atoms. The molecule has 1 aliphatic heterocycles. The van der Waals surface area contributed by atoms with Crippen LogP contribution in [0.4, 0.5) is 0 Å². The van der Waals surface area contributed by atoms with Crippen LogP contribution in [0.3, 0.4) is 0 Å². The SMILES string of the molecule is CNCc1ccc(OCCN(C)C2CCOC2C)cc1. The van der Waals surface area contributed by atoms with Crippen molar-refractivity contribution >= 4 is 0 Å². The second-order valence-corrected chi connectivity index (χ2v) is 5.44. The van der Waals surface area contributed by atoms with Gasteiger partial charge in [-0.2, -0.15) is 0 Å². The molecule has 1 aliphatic rings. The summed E-state index contributed by atoms with van der Waals surface area (Å²) in [6.07, 6.45) is 1.46. The van der Waals surface area contributed by atoms with Gasteiger partial charge in [0, 0.05) is 25.7 Å². The van der Waals surface area contributed by atoms with E-state index in [1.165, 1.54) is 5.56 Å². The molecule has 20 heavy (non-hydrogen) atoms. The Kier molecular flexibility index (Phi) is 5.83. The maximum atomic E-state index is 5.80. The summed E-state index contributed by atoms with van der Waals surface area (Å²) < 4.78 is 11.4. The van der Waals surface area contributed by atoms with Crippen LogP contribution < -0.4 is 10.1 Å². The van der Waals surface area contributed by atoms with Gasteiger partial charge in [0.1, 0.15) is 12.4 Å². The van der Waals surface area contributed by atoms with Crippen molar-refractivity contribution in [2.24, 2.45) is 0 Å². The molecule has 4 heteroatoms.